The summed E-state index contributed by atoms with van der Waals surface area (Å²) in [5.74, 6) is 0. The van der Waals surface area contributed by atoms with Gasteiger partial charge in [-0.15, -0.1) is 0 Å². The fourth-order valence-electron chi connectivity index (χ4n) is 0.965. The van der Waals surface area contributed by atoms with Gasteiger partial charge >= 0.3 is 6.09 Å². The first-order valence-electron chi connectivity index (χ1n) is 8.01. The average molecular weight is 322 g/mol. The number of unbranched alkanes of at least 4 members (excludes halogenated alkanes) is 1. The number of nitrogens with one attached hydrogen (secondary N) is 1. The summed E-state index contributed by atoms with van der Waals surface area (Å²) >= 11 is 0. The van der Waals surface area contributed by atoms with E-state index in [1.165, 1.54) is 7.05 Å². The van der Waals surface area contributed by atoms with Gasteiger partial charge in [0.2, 0.25) is 0 Å². The molecular formula is C16H38N2O4. The van der Waals surface area contributed by atoms with Crippen molar-refractivity contribution in [1.82, 2.24) is 5.32 Å². The molecule has 22 heavy (non-hydrogen) atoms. The largest absolute Gasteiger partial charge is 0.444 e. The third-order valence-electron chi connectivity index (χ3n) is 1.57. The molecule has 0 saturated carbocycles. The molecule has 0 radical (unpaired) electrons. The van der Waals surface area contributed by atoms with Gasteiger partial charge in [0.15, 0.2) is 0 Å². The molecule has 1 amide bonds. The SMILES string of the molecule is CC.CC.CC(C)(C)OC(=O)NCCCCOCC=O.CN. The number of carbonyl (C=O) groups is 2. The smallest absolute Gasteiger partial charge is 0.407 e. The van der Waals surface area contributed by atoms with Gasteiger partial charge in [0.25, 0.3) is 0 Å². The summed E-state index contributed by atoms with van der Waals surface area (Å²) < 4.78 is 10.0. The van der Waals surface area contributed by atoms with E-state index in [0.29, 0.717) is 13.2 Å². The topological polar surface area (TPSA) is 90.6 Å². The molecular weight excluding hydrogens is 284 g/mol. The predicted molar refractivity (Wildman–Crippen MR) is 93.2 cm³/mol. The van der Waals surface area contributed by atoms with Crippen molar-refractivity contribution in [3.63, 3.8) is 0 Å². The number of rotatable bonds is 7. The Kier molecular flexibility index (Phi) is 32.7. The molecule has 0 aromatic heterocycles. The minimum absolute atomic E-state index is 0.138. The van der Waals surface area contributed by atoms with Crippen LogP contribution < -0.4 is 11.1 Å². The highest BCUT2D eigenvalue weighted by Gasteiger charge is 2.15. The molecule has 0 aliphatic carbocycles. The number of alkyl carbamates (subject to hydrolysis) is 1. The molecule has 136 valence electrons. The van der Waals surface area contributed by atoms with Crippen molar-refractivity contribution in [2.24, 2.45) is 5.73 Å². The maximum Gasteiger partial charge on any atom is 0.407 e. The van der Waals surface area contributed by atoms with Crippen LogP contribution >= 0.6 is 0 Å². The van der Waals surface area contributed by atoms with Crippen LogP contribution in [0.5, 0.6) is 0 Å². The molecule has 0 rings (SSSR count). The molecule has 0 aliphatic heterocycles. The van der Waals surface area contributed by atoms with E-state index in [2.05, 4.69) is 11.1 Å². The summed E-state index contributed by atoms with van der Waals surface area (Å²) in [5.41, 5.74) is 4.04. The maximum atomic E-state index is 11.2. The highest BCUT2D eigenvalue weighted by Crippen LogP contribution is 2.06. The van der Waals surface area contributed by atoms with Crippen LogP contribution in [0.2, 0.25) is 0 Å². The predicted octanol–water partition coefficient (Wildman–Crippen LogP) is 3.13. The molecule has 0 bridgehead atoms. The van der Waals surface area contributed by atoms with Crippen LogP contribution in [0.3, 0.4) is 0 Å². The molecule has 0 atom stereocenters. The lowest BCUT2D eigenvalue weighted by molar-refractivity contribution is -0.111. The molecule has 0 aromatic rings. The molecule has 0 heterocycles. The van der Waals surface area contributed by atoms with Gasteiger partial charge in [-0.3, -0.25) is 0 Å². The molecule has 0 unspecified atom stereocenters. The monoisotopic (exact) mass is 322 g/mol. The molecule has 0 fully saturated rings. The minimum Gasteiger partial charge on any atom is -0.444 e. The van der Waals surface area contributed by atoms with E-state index in [4.69, 9.17) is 9.47 Å². The maximum absolute atomic E-state index is 11.2. The average Bonchev–Trinajstić information content (AvgIpc) is 2.51. The zero-order chi connectivity index (χ0) is 18.4. The van der Waals surface area contributed by atoms with Crippen LogP contribution in [0.4, 0.5) is 4.79 Å². The van der Waals surface area contributed by atoms with Crippen molar-refractivity contribution in [3.8, 4) is 0 Å². The summed E-state index contributed by atoms with van der Waals surface area (Å²) in [6, 6.07) is 0. The number of carbonyl (C=O) groups excluding carboxylic acids is 2. The molecule has 0 aliphatic rings. The van der Waals surface area contributed by atoms with Gasteiger partial charge in [-0.1, -0.05) is 27.7 Å². The second-order valence-electron chi connectivity index (χ2n) is 4.38. The Bertz CT molecular complexity index is 217. The van der Waals surface area contributed by atoms with Crippen LogP contribution in [0.15, 0.2) is 0 Å². The van der Waals surface area contributed by atoms with Crippen molar-refractivity contribution < 1.29 is 19.1 Å². The van der Waals surface area contributed by atoms with E-state index in [1.807, 2.05) is 48.5 Å². The Labute approximate surface area is 137 Å². The number of amides is 1. The lowest BCUT2D eigenvalue weighted by Gasteiger charge is -2.19. The van der Waals surface area contributed by atoms with Gasteiger partial charge in [0, 0.05) is 13.2 Å². The quantitative estimate of drug-likeness (QED) is 0.555. The summed E-state index contributed by atoms with van der Waals surface area (Å²) in [6.45, 7) is 14.7. The Morgan fingerprint density at radius 2 is 1.59 bits per heavy atom. The van der Waals surface area contributed by atoms with Crippen LogP contribution in [0.1, 0.15) is 61.3 Å². The van der Waals surface area contributed by atoms with Gasteiger partial charge in [0.1, 0.15) is 18.5 Å². The second kappa shape index (κ2) is 24.9. The van der Waals surface area contributed by atoms with Crippen LogP contribution in [0, 0.1) is 0 Å². The first kappa shape index (κ1) is 28.9. The van der Waals surface area contributed by atoms with Gasteiger partial charge < -0.3 is 25.3 Å². The van der Waals surface area contributed by atoms with Gasteiger partial charge in [-0.2, -0.15) is 0 Å². The second-order valence-corrected chi connectivity index (χ2v) is 4.38. The minimum atomic E-state index is -0.461. The Hall–Kier alpha value is -1.14. The molecule has 6 heteroatoms. The van der Waals surface area contributed by atoms with E-state index in [-0.39, 0.29) is 6.61 Å². The summed E-state index contributed by atoms with van der Waals surface area (Å²) in [7, 11) is 1.50. The molecule has 0 saturated heterocycles. The number of ether oxygens (including phenoxy) is 2. The normalized spacial score (nSPS) is 8.77. The van der Waals surface area contributed by atoms with E-state index in [0.717, 1.165) is 19.1 Å². The van der Waals surface area contributed by atoms with Gasteiger partial charge in [-0.25, -0.2) is 4.79 Å². The van der Waals surface area contributed by atoms with Crippen molar-refractivity contribution in [1.29, 1.82) is 0 Å². The lowest BCUT2D eigenvalue weighted by Crippen LogP contribution is -2.33. The van der Waals surface area contributed by atoms with E-state index < -0.39 is 11.7 Å². The Morgan fingerprint density at radius 3 is 2.00 bits per heavy atom. The van der Waals surface area contributed by atoms with Crippen molar-refractivity contribution >= 4 is 12.4 Å². The van der Waals surface area contributed by atoms with E-state index in [9.17, 15) is 9.59 Å². The van der Waals surface area contributed by atoms with Crippen LogP contribution in [-0.2, 0) is 14.3 Å². The van der Waals surface area contributed by atoms with Gasteiger partial charge in [0.05, 0.1) is 0 Å². The first-order chi connectivity index (χ1) is 10.5. The third kappa shape index (κ3) is 36.4. The highest BCUT2D eigenvalue weighted by atomic mass is 16.6. The number of hydrogen-bond donors (Lipinski definition) is 2. The summed E-state index contributed by atoms with van der Waals surface area (Å²) in [4.78, 5) is 21.1. The summed E-state index contributed by atoms with van der Waals surface area (Å²) in [6.07, 6.45) is 1.93. The molecule has 0 aromatic carbocycles. The highest BCUT2D eigenvalue weighted by molar-refractivity contribution is 5.67. The molecule has 6 nitrogen and oxygen atoms in total. The number of hydrogen-bond acceptors (Lipinski definition) is 5. The Morgan fingerprint density at radius 1 is 1.09 bits per heavy atom. The number of nitrogens with two attached hydrogens (primary N) is 1. The van der Waals surface area contributed by atoms with Crippen molar-refractivity contribution in [2.45, 2.75) is 66.9 Å². The summed E-state index contributed by atoms with van der Waals surface area (Å²) in [5, 5.41) is 2.64. The van der Waals surface area contributed by atoms with Gasteiger partial charge in [-0.05, 0) is 40.7 Å². The van der Waals surface area contributed by atoms with E-state index >= 15 is 0 Å². The lowest BCUT2D eigenvalue weighted by atomic mass is 10.2. The fourth-order valence-corrected chi connectivity index (χ4v) is 0.965. The zero-order valence-corrected chi connectivity index (χ0v) is 15.8. The van der Waals surface area contributed by atoms with Crippen molar-refractivity contribution in [2.75, 3.05) is 26.8 Å². The fraction of sp³-hybridized carbons (Fsp3) is 0.875. The first-order valence-corrected chi connectivity index (χ1v) is 8.01. The van der Waals surface area contributed by atoms with Crippen LogP contribution in [0.25, 0.3) is 0 Å². The van der Waals surface area contributed by atoms with Crippen LogP contribution in [-0.4, -0.2) is 44.8 Å². The standard InChI is InChI=1S/C11H21NO4.2C2H6.CH5N/c1-11(2,3)16-10(14)12-6-4-5-8-15-9-7-13;3*1-2/h7H,4-6,8-9H2,1-3H3,(H,12,14);2*1-2H3;2H2,1H3. The van der Waals surface area contributed by atoms with E-state index in [1.54, 1.807) is 0 Å². The Balaban J connectivity index is -0.000000238. The molecule has 0 spiro atoms. The van der Waals surface area contributed by atoms with Crippen molar-refractivity contribution in [3.05, 3.63) is 0 Å². The number of aldehydes is 1. The third-order valence-corrected chi connectivity index (χ3v) is 1.57. The molecule has 3 N–H and O–H groups in total. The zero-order valence-electron chi connectivity index (χ0n) is 15.8.